The van der Waals surface area contributed by atoms with Crippen LogP contribution in [0.5, 0.6) is 11.5 Å². The highest BCUT2D eigenvalue weighted by molar-refractivity contribution is 6.30. The van der Waals surface area contributed by atoms with Crippen LogP contribution in [0.2, 0.25) is 5.02 Å². The summed E-state index contributed by atoms with van der Waals surface area (Å²) in [7, 11) is 0. The van der Waals surface area contributed by atoms with Gasteiger partial charge >= 0.3 is 5.97 Å². The summed E-state index contributed by atoms with van der Waals surface area (Å²) in [5, 5.41) is 23.1. The van der Waals surface area contributed by atoms with Crippen molar-refractivity contribution < 1.29 is 28.9 Å². The van der Waals surface area contributed by atoms with Gasteiger partial charge in [-0.15, -0.1) is 0 Å². The molecule has 37 heavy (non-hydrogen) atoms. The summed E-state index contributed by atoms with van der Waals surface area (Å²) in [5.74, 6) is -0.303. The van der Waals surface area contributed by atoms with E-state index >= 15 is 0 Å². The number of para-hydroxylation sites is 1. The molecule has 8 heteroatoms. The Hall–Kier alpha value is -2.97. The predicted octanol–water partition coefficient (Wildman–Crippen LogP) is 6.33. The first-order chi connectivity index (χ1) is 17.4. The van der Waals surface area contributed by atoms with Crippen molar-refractivity contribution >= 4 is 17.6 Å². The normalized spacial score (nSPS) is 13.3. The molecule has 0 amide bonds. The largest absolute Gasteiger partial charge is 0.478 e. The molecular weight excluding hydrogens is 497 g/mol. The minimum atomic E-state index is -0.993. The van der Waals surface area contributed by atoms with Crippen LogP contribution >= 0.6 is 11.6 Å². The minimum Gasteiger partial charge on any atom is -0.478 e. The van der Waals surface area contributed by atoms with Crippen LogP contribution in [0, 0.1) is 12.7 Å². The molecule has 6 nitrogen and oxygen atoms in total. The van der Waals surface area contributed by atoms with Crippen LogP contribution < -0.4 is 10.1 Å². The highest BCUT2D eigenvalue weighted by Gasteiger charge is 2.21. The van der Waals surface area contributed by atoms with Crippen LogP contribution in [0.4, 0.5) is 4.39 Å². The Balaban J connectivity index is 1.55. The monoisotopic (exact) mass is 529 g/mol. The molecule has 0 saturated heterocycles. The van der Waals surface area contributed by atoms with Gasteiger partial charge in [0, 0.05) is 17.6 Å². The fourth-order valence-corrected chi connectivity index (χ4v) is 4.06. The van der Waals surface area contributed by atoms with Crippen LogP contribution in [0.15, 0.2) is 60.7 Å². The molecular formula is C29H33ClFNO5. The summed E-state index contributed by atoms with van der Waals surface area (Å²) < 4.78 is 25.8. The van der Waals surface area contributed by atoms with Gasteiger partial charge in [0.1, 0.15) is 17.3 Å². The van der Waals surface area contributed by atoms with Crippen molar-refractivity contribution in [1.82, 2.24) is 5.32 Å². The van der Waals surface area contributed by atoms with Gasteiger partial charge in [-0.1, -0.05) is 35.9 Å². The van der Waals surface area contributed by atoms with Crippen molar-refractivity contribution in [3.8, 4) is 11.5 Å². The Bertz CT molecular complexity index is 1230. The molecule has 0 aromatic heterocycles. The zero-order chi connectivity index (χ0) is 27.2. The molecule has 0 bridgehead atoms. The summed E-state index contributed by atoms with van der Waals surface area (Å²) >= 11 is 5.77. The number of aliphatic hydroxyl groups is 1. The van der Waals surface area contributed by atoms with E-state index in [1.165, 1.54) is 12.1 Å². The first-order valence-corrected chi connectivity index (χ1v) is 12.4. The maximum absolute atomic E-state index is 13.8. The Morgan fingerprint density at radius 1 is 1.11 bits per heavy atom. The number of β-amino-alcohol motifs (C(OH)–C–C–N with tert-alkyl or cyclic N) is 1. The second-order valence-corrected chi connectivity index (χ2v) is 10.2. The minimum absolute atomic E-state index is 0.0920. The maximum atomic E-state index is 13.8. The number of hydrogen-bond donors (Lipinski definition) is 3. The molecule has 0 spiro atoms. The van der Waals surface area contributed by atoms with Crippen molar-refractivity contribution in [2.24, 2.45) is 0 Å². The van der Waals surface area contributed by atoms with E-state index in [-0.39, 0.29) is 28.8 Å². The van der Waals surface area contributed by atoms with Crippen LogP contribution in [0.25, 0.3) is 0 Å². The van der Waals surface area contributed by atoms with Gasteiger partial charge in [0.05, 0.1) is 29.4 Å². The molecule has 0 aliphatic carbocycles. The number of carbonyl (C=O) groups is 1. The summed E-state index contributed by atoms with van der Waals surface area (Å²) in [6.45, 7) is 8.02. The average molecular weight is 530 g/mol. The van der Waals surface area contributed by atoms with Crippen molar-refractivity contribution in [2.45, 2.75) is 51.9 Å². The molecule has 198 valence electrons. The molecule has 3 aromatic carbocycles. The van der Waals surface area contributed by atoms with Crippen LogP contribution in [0.3, 0.4) is 0 Å². The number of aromatic carboxylic acids is 1. The van der Waals surface area contributed by atoms with Gasteiger partial charge < -0.3 is 25.0 Å². The van der Waals surface area contributed by atoms with Crippen LogP contribution in [-0.2, 0) is 11.2 Å². The second kappa shape index (κ2) is 12.5. The van der Waals surface area contributed by atoms with Gasteiger partial charge in [-0.3, -0.25) is 0 Å². The molecule has 3 N–H and O–H groups in total. The number of nitrogens with one attached hydrogen (secondary N) is 1. The molecule has 3 aromatic rings. The average Bonchev–Trinajstić information content (AvgIpc) is 2.85. The lowest BCUT2D eigenvalue weighted by Crippen LogP contribution is -2.46. The second-order valence-electron chi connectivity index (χ2n) is 9.74. The quantitative estimate of drug-likeness (QED) is 0.254. The lowest BCUT2D eigenvalue weighted by Gasteiger charge is -2.28. The molecule has 0 aliphatic rings. The molecule has 0 saturated carbocycles. The fraction of sp³-hybridized carbons (Fsp3) is 0.345. The molecule has 0 aliphatic heterocycles. The zero-order valence-electron chi connectivity index (χ0n) is 21.4. The zero-order valence-corrected chi connectivity index (χ0v) is 22.2. The van der Waals surface area contributed by atoms with E-state index in [1.54, 1.807) is 31.2 Å². The number of aryl methyl sites for hydroxylation is 1. The van der Waals surface area contributed by atoms with Crippen LogP contribution in [0.1, 0.15) is 53.9 Å². The predicted molar refractivity (Wildman–Crippen MR) is 142 cm³/mol. The van der Waals surface area contributed by atoms with Gasteiger partial charge in [-0.25, -0.2) is 9.18 Å². The topological polar surface area (TPSA) is 88.0 Å². The Morgan fingerprint density at radius 2 is 1.84 bits per heavy atom. The number of carboxylic acids is 1. The van der Waals surface area contributed by atoms with Crippen molar-refractivity contribution in [3.05, 3.63) is 93.8 Å². The lowest BCUT2D eigenvalue weighted by atomic mass is 9.94. The Labute approximate surface area is 222 Å². The number of benzene rings is 3. The first-order valence-electron chi connectivity index (χ1n) is 12.0. The highest BCUT2D eigenvalue weighted by atomic mass is 35.5. The van der Waals surface area contributed by atoms with E-state index in [0.29, 0.717) is 30.0 Å². The third kappa shape index (κ3) is 8.27. The summed E-state index contributed by atoms with van der Waals surface area (Å²) in [6, 6.07) is 16.9. The molecule has 2 atom stereocenters. The van der Waals surface area contributed by atoms with E-state index in [2.05, 4.69) is 5.32 Å². The van der Waals surface area contributed by atoms with Crippen LogP contribution in [-0.4, -0.2) is 41.0 Å². The standard InChI is InChI=1S/C29H33ClFNO5/c1-18-13-21(28(34)35)10-12-26(18)37-27-8-6-5-7-23(27)19(2)36-17-22(33)16-32-29(3,4)15-20-9-11-24(30)25(31)14-20/h5-14,19,22,32-33H,15-17H2,1-4H3,(H,34,35)/t19?,22-/m0/s1. The SMILES string of the molecule is Cc1cc(C(=O)O)ccc1Oc1ccccc1C(C)OC[C@@H](O)CNC(C)(C)Cc1ccc(Cl)c(F)c1. The number of carboxylic acid groups (broad SMARTS) is 1. The van der Waals surface area contributed by atoms with E-state index in [1.807, 2.05) is 45.0 Å². The number of ether oxygens (including phenoxy) is 2. The van der Waals surface area contributed by atoms with Gasteiger partial charge in [0.15, 0.2) is 0 Å². The number of rotatable bonds is 12. The highest BCUT2D eigenvalue weighted by Crippen LogP contribution is 2.33. The van der Waals surface area contributed by atoms with Gasteiger partial charge in [-0.2, -0.15) is 0 Å². The third-order valence-corrected chi connectivity index (χ3v) is 6.29. The van der Waals surface area contributed by atoms with E-state index in [9.17, 15) is 19.4 Å². The summed E-state index contributed by atoms with van der Waals surface area (Å²) in [6.07, 6.45) is -0.570. The van der Waals surface area contributed by atoms with Gasteiger partial charge in [-0.05, 0) is 81.6 Å². The molecule has 3 rings (SSSR count). The number of hydrogen-bond acceptors (Lipinski definition) is 5. The number of aliphatic hydroxyl groups excluding tert-OH is 1. The maximum Gasteiger partial charge on any atom is 0.335 e. The third-order valence-electron chi connectivity index (χ3n) is 5.98. The van der Waals surface area contributed by atoms with Gasteiger partial charge in [0.25, 0.3) is 0 Å². The molecule has 1 unspecified atom stereocenters. The summed E-state index contributed by atoms with van der Waals surface area (Å²) in [4.78, 5) is 11.2. The Morgan fingerprint density at radius 3 is 2.51 bits per heavy atom. The Kier molecular flexibility index (Phi) is 9.68. The van der Waals surface area contributed by atoms with Crippen molar-refractivity contribution in [2.75, 3.05) is 13.2 Å². The smallest absolute Gasteiger partial charge is 0.335 e. The molecule has 0 heterocycles. The first kappa shape index (κ1) is 28.6. The lowest BCUT2D eigenvalue weighted by molar-refractivity contribution is -0.00481. The summed E-state index contributed by atoms with van der Waals surface area (Å²) in [5.41, 5.74) is 2.12. The van der Waals surface area contributed by atoms with Gasteiger partial charge in [0.2, 0.25) is 0 Å². The van der Waals surface area contributed by atoms with Crippen molar-refractivity contribution in [1.29, 1.82) is 0 Å². The molecule has 0 fully saturated rings. The molecule has 0 radical (unpaired) electrons. The van der Waals surface area contributed by atoms with Crippen molar-refractivity contribution in [3.63, 3.8) is 0 Å². The fourth-order valence-electron chi connectivity index (χ4n) is 3.95. The number of halogens is 2. The van der Waals surface area contributed by atoms with E-state index in [0.717, 1.165) is 11.1 Å². The van der Waals surface area contributed by atoms with E-state index in [4.69, 9.17) is 21.1 Å². The van der Waals surface area contributed by atoms with E-state index < -0.39 is 17.9 Å².